The van der Waals surface area contributed by atoms with Gasteiger partial charge in [-0.25, -0.2) is 9.59 Å². The van der Waals surface area contributed by atoms with Crippen molar-refractivity contribution in [3.63, 3.8) is 0 Å². The van der Waals surface area contributed by atoms with Crippen LogP contribution in [-0.2, 0) is 4.74 Å². The van der Waals surface area contributed by atoms with Crippen LogP contribution in [-0.4, -0.2) is 61.1 Å². The van der Waals surface area contributed by atoms with Crippen LogP contribution in [0.25, 0.3) is 0 Å². The van der Waals surface area contributed by atoms with E-state index in [0.717, 1.165) is 26.2 Å². The van der Waals surface area contributed by atoms with Crippen LogP contribution in [0.5, 0.6) is 0 Å². The van der Waals surface area contributed by atoms with E-state index < -0.39 is 0 Å². The van der Waals surface area contributed by atoms with E-state index in [-0.39, 0.29) is 12.0 Å². The molecule has 22 heavy (non-hydrogen) atoms. The average molecular weight is 305 g/mol. The second-order valence-corrected chi connectivity index (χ2v) is 5.62. The first kappa shape index (κ1) is 16.3. The van der Waals surface area contributed by atoms with Crippen LogP contribution in [0.2, 0.25) is 0 Å². The van der Waals surface area contributed by atoms with Crippen LogP contribution in [0.1, 0.15) is 24.2 Å². The molecule has 1 heterocycles. The number of carbonyl (C=O) groups excluding carboxylic acids is 2. The summed E-state index contributed by atoms with van der Waals surface area (Å²) >= 11 is 0. The van der Waals surface area contributed by atoms with Gasteiger partial charge in [0.25, 0.3) is 0 Å². The van der Waals surface area contributed by atoms with E-state index in [2.05, 4.69) is 28.8 Å². The number of esters is 1. The van der Waals surface area contributed by atoms with Crippen molar-refractivity contribution >= 4 is 17.7 Å². The van der Waals surface area contributed by atoms with Crippen LogP contribution in [0, 0.1) is 0 Å². The summed E-state index contributed by atoms with van der Waals surface area (Å²) in [7, 11) is 1.34. The van der Waals surface area contributed by atoms with E-state index in [1.807, 2.05) is 4.90 Å². The second kappa shape index (κ2) is 7.26. The van der Waals surface area contributed by atoms with Crippen molar-refractivity contribution in [3.8, 4) is 0 Å². The number of rotatable bonds is 3. The van der Waals surface area contributed by atoms with Gasteiger partial charge >= 0.3 is 12.0 Å². The molecule has 120 valence electrons. The first-order valence-electron chi connectivity index (χ1n) is 7.49. The molecule has 0 spiro atoms. The van der Waals surface area contributed by atoms with Crippen molar-refractivity contribution in [2.24, 2.45) is 0 Å². The number of nitrogens with zero attached hydrogens (tertiary/aromatic N) is 2. The zero-order valence-corrected chi connectivity index (χ0v) is 13.3. The molecule has 0 atom stereocenters. The maximum Gasteiger partial charge on any atom is 0.337 e. The Morgan fingerprint density at radius 1 is 1.09 bits per heavy atom. The molecule has 1 fully saturated rings. The largest absolute Gasteiger partial charge is 0.465 e. The molecule has 2 rings (SSSR count). The molecule has 0 aromatic heterocycles. The van der Waals surface area contributed by atoms with Crippen LogP contribution in [0.15, 0.2) is 24.3 Å². The third-order valence-electron chi connectivity index (χ3n) is 3.89. The van der Waals surface area contributed by atoms with Gasteiger partial charge in [0.2, 0.25) is 0 Å². The van der Waals surface area contributed by atoms with Crippen LogP contribution in [0.3, 0.4) is 0 Å². The lowest BCUT2D eigenvalue weighted by Gasteiger charge is -2.36. The summed E-state index contributed by atoms with van der Waals surface area (Å²) in [5.41, 5.74) is 1.13. The molecule has 1 aliphatic rings. The summed E-state index contributed by atoms with van der Waals surface area (Å²) in [5.74, 6) is -0.386. The Morgan fingerprint density at radius 3 is 2.18 bits per heavy atom. The van der Waals surface area contributed by atoms with Crippen LogP contribution in [0.4, 0.5) is 10.5 Å². The number of hydrogen-bond acceptors (Lipinski definition) is 4. The number of hydrogen-bond donors (Lipinski definition) is 1. The summed E-state index contributed by atoms with van der Waals surface area (Å²) in [6.45, 7) is 7.57. The lowest BCUT2D eigenvalue weighted by molar-refractivity contribution is 0.0601. The molecule has 6 heteroatoms. The Labute approximate surface area is 131 Å². The number of anilines is 1. The maximum atomic E-state index is 12.2. The highest BCUT2D eigenvalue weighted by molar-refractivity contribution is 5.92. The molecule has 1 aromatic carbocycles. The van der Waals surface area contributed by atoms with Crippen LogP contribution >= 0.6 is 0 Å². The lowest BCUT2D eigenvalue weighted by atomic mass is 10.2. The molecule has 1 aromatic rings. The highest BCUT2D eigenvalue weighted by atomic mass is 16.5. The third kappa shape index (κ3) is 3.98. The summed E-state index contributed by atoms with van der Waals surface area (Å²) in [5, 5.41) is 2.86. The van der Waals surface area contributed by atoms with Crippen molar-refractivity contribution in [2.45, 2.75) is 19.9 Å². The second-order valence-electron chi connectivity index (χ2n) is 5.62. The number of benzene rings is 1. The van der Waals surface area contributed by atoms with Gasteiger partial charge in [-0.1, -0.05) is 0 Å². The van der Waals surface area contributed by atoms with Crippen molar-refractivity contribution in [3.05, 3.63) is 29.8 Å². The van der Waals surface area contributed by atoms with Crippen molar-refractivity contribution in [1.82, 2.24) is 9.80 Å². The Balaban J connectivity index is 1.88. The summed E-state index contributed by atoms with van der Waals surface area (Å²) < 4.78 is 4.64. The summed E-state index contributed by atoms with van der Waals surface area (Å²) in [6, 6.07) is 7.09. The first-order valence-corrected chi connectivity index (χ1v) is 7.49. The van der Waals surface area contributed by atoms with Gasteiger partial charge in [0.05, 0.1) is 12.7 Å². The fourth-order valence-corrected chi connectivity index (χ4v) is 2.45. The Bertz CT molecular complexity index is 520. The van der Waals surface area contributed by atoms with E-state index in [4.69, 9.17) is 0 Å². The number of carbonyl (C=O) groups is 2. The SMILES string of the molecule is COC(=O)c1ccc(NC(=O)N2CCN(C(C)C)CC2)cc1. The molecule has 1 N–H and O–H groups in total. The molecule has 1 aliphatic heterocycles. The van der Waals surface area contributed by atoms with Crippen molar-refractivity contribution in [2.75, 3.05) is 38.6 Å². The Kier molecular flexibility index (Phi) is 5.38. The number of urea groups is 1. The van der Waals surface area contributed by atoms with Crippen molar-refractivity contribution < 1.29 is 14.3 Å². The molecule has 0 saturated carbocycles. The molecule has 6 nitrogen and oxygen atoms in total. The minimum Gasteiger partial charge on any atom is -0.465 e. The molecule has 1 saturated heterocycles. The predicted octanol–water partition coefficient (Wildman–Crippen LogP) is 2.03. The molecule has 0 unspecified atom stereocenters. The van der Waals surface area contributed by atoms with E-state index in [0.29, 0.717) is 17.3 Å². The van der Waals surface area contributed by atoms with Gasteiger partial charge in [0.1, 0.15) is 0 Å². The topological polar surface area (TPSA) is 61.9 Å². The zero-order chi connectivity index (χ0) is 16.1. The summed E-state index contributed by atoms with van der Waals surface area (Å²) in [4.78, 5) is 27.7. The minimum absolute atomic E-state index is 0.103. The maximum absolute atomic E-state index is 12.2. The van der Waals surface area contributed by atoms with Gasteiger partial charge < -0.3 is 15.0 Å². The average Bonchev–Trinajstić information content (AvgIpc) is 2.54. The van der Waals surface area contributed by atoms with E-state index >= 15 is 0 Å². The standard InChI is InChI=1S/C16H23N3O3/c1-12(2)18-8-10-19(11-9-18)16(21)17-14-6-4-13(5-7-14)15(20)22-3/h4-7,12H,8-11H2,1-3H3,(H,17,21). The molecule has 0 bridgehead atoms. The van der Waals surface area contributed by atoms with Crippen molar-refractivity contribution in [1.29, 1.82) is 0 Å². The number of ether oxygens (including phenoxy) is 1. The van der Waals surface area contributed by atoms with Gasteiger partial charge in [-0.05, 0) is 38.1 Å². The van der Waals surface area contributed by atoms with Gasteiger partial charge in [-0.3, -0.25) is 4.90 Å². The number of amides is 2. The minimum atomic E-state index is -0.386. The highest BCUT2D eigenvalue weighted by Crippen LogP contribution is 2.12. The fourth-order valence-electron chi connectivity index (χ4n) is 2.45. The number of nitrogens with one attached hydrogen (secondary N) is 1. The quantitative estimate of drug-likeness (QED) is 0.868. The predicted molar refractivity (Wildman–Crippen MR) is 85.1 cm³/mol. The molecule has 0 aliphatic carbocycles. The van der Waals surface area contributed by atoms with Crippen LogP contribution < -0.4 is 5.32 Å². The molecule has 0 radical (unpaired) electrons. The number of methoxy groups -OCH3 is 1. The van der Waals surface area contributed by atoms with Gasteiger partial charge in [-0.15, -0.1) is 0 Å². The summed E-state index contributed by atoms with van der Waals surface area (Å²) in [6.07, 6.45) is 0. The number of piperazine rings is 1. The normalized spacial score (nSPS) is 15.7. The molecular weight excluding hydrogens is 282 g/mol. The molecular formula is C16H23N3O3. The zero-order valence-electron chi connectivity index (χ0n) is 13.3. The van der Waals surface area contributed by atoms with E-state index in [9.17, 15) is 9.59 Å². The van der Waals surface area contributed by atoms with E-state index in [1.54, 1.807) is 24.3 Å². The lowest BCUT2D eigenvalue weighted by Crippen LogP contribution is -2.51. The molecule has 2 amide bonds. The van der Waals surface area contributed by atoms with Gasteiger partial charge in [0.15, 0.2) is 0 Å². The monoisotopic (exact) mass is 305 g/mol. The fraction of sp³-hybridized carbons (Fsp3) is 0.500. The Morgan fingerprint density at radius 2 is 1.68 bits per heavy atom. The first-order chi connectivity index (χ1) is 10.5. The third-order valence-corrected chi connectivity index (χ3v) is 3.89. The van der Waals surface area contributed by atoms with E-state index in [1.165, 1.54) is 7.11 Å². The van der Waals surface area contributed by atoms with Gasteiger partial charge in [0, 0.05) is 37.9 Å². The Hall–Kier alpha value is -2.08. The smallest absolute Gasteiger partial charge is 0.337 e. The highest BCUT2D eigenvalue weighted by Gasteiger charge is 2.22. The van der Waals surface area contributed by atoms with Gasteiger partial charge in [-0.2, -0.15) is 0 Å².